The highest BCUT2D eigenvalue weighted by Crippen LogP contribution is 2.29. The molecular weight excluding hydrogens is 469 g/mol. The Morgan fingerprint density at radius 3 is 2.73 bits per heavy atom. The van der Waals surface area contributed by atoms with Crippen molar-refractivity contribution in [1.29, 1.82) is 0 Å². The summed E-state index contributed by atoms with van der Waals surface area (Å²) in [6, 6.07) is 4.55. The van der Waals surface area contributed by atoms with Gasteiger partial charge in [-0.05, 0) is 37.1 Å². The number of aryl methyl sites for hydroxylation is 1. The standard InChI is InChI=1S/C18H19Cl2N5O3S2/c1-3-6-25-14-5-4-11(30(21,27)28)7-13(14)23-18(25)29-9-15(26)24-17-16(20)10(2)12(19)8-22-17/h4-5,7-8H,3,6,9H2,1-2H3,(H2,21,27,28)(H,22,24,26). The molecule has 1 aromatic carbocycles. The lowest BCUT2D eigenvalue weighted by atomic mass is 10.3. The quantitative estimate of drug-likeness (QED) is 0.488. The van der Waals surface area contributed by atoms with Gasteiger partial charge in [-0.15, -0.1) is 0 Å². The zero-order chi connectivity index (χ0) is 22.1. The zero-order valence-corrected chi connectivity index (χ0v) is 19.3. The van der Waals surface area contributed by atoms with Crippen LogP contribution in [0.1, 0.15) is 18.9 Å². The van der Waals surface area contributed by atoms with Crippen LogP contribution in [0, 0.1) is 6.92 Å². The lowest BCUT2D eigenvalue weighted by Gasteiger charge is -2.10. The van der Waals surface area contributed by atoms with Gasteiger partial charge in [0.2, 0.25) is 15.9 Å². The lowest BCUT2D eigenvalue weighted by molar-refractivity contribution is -0.113. The summed E-state index contributed by atoms with van der Waals surface area (Å²) in [4.78, 5) is 20.9. The van der Waals surface area contributed by atoms with E-state index >= 15 is 0 Å². The van der Waals surface area contributed by atoms with Gasteiger partial charge in [0, 0.05) is 12.7 Å². The summed E-state index contributed by atoms with van der Waals surface area (Å²) in [5, 5.41) is 9.18. The fraction of sp³-hybridized carbons (Fsp3) is 0.278. The van der Waals surface area contributed by atoms with Crippen molar-refractivity contribution < 1.29 is 13.2 Å². The second-order valence-electron chi connectivity index (χ2n) is 6.47. The zero-order valence-electron chi connectivity index (χ0n) is 16.1. The number of imidazole rings is 1. The molecule has 0 bridgehead atoms. The van der Waals surface area contributed by atoms with E-state index in [1.54, 1.807) is 13.0 Å². The van der Waals surface area contributed by atoms with Crippen molar-refractivity contribution >= 4 is 67.7 Å². The SMILES string of the molecule is CCCn1c(SCC(=O)Nc2ncc(Cl)c(C)c2Cl)nc2cc(S(N)(=O)=O)ccc21. The number of primary sulfonamides is 1. The van der Waals surface area contributed by atoms with Crippen LogP contribution >= 0.6 is 35.0 Å². The van der Waals surface area contributed by atoms with E-state index in [2.05, 4.69) is 15.3 Å². The minimum absolute atomic E-state index is 0.00994. The lowest BCUT2D eigenvalue weighted by Crippen LogP contribution is -2.16. The van der Waals surface area contributed by atoms with Crippen molar-refractivity contribution in [2.45, 2.75) is 36.9 Å². The molecule has 0 spiro atoms. The van der Waals surface area contributed by atoms with E-state index < -0.39 is 10.0 Å². The Labute approximate surface area is 188 Å². The Morgan fingerprint density at radius 2 is 2.07 bits per heavy atom. The van der Waals surface area contributed by atoms with Crippen LogP contribution in [-0.4, -0.2) is 34.6 Å². The third kappa shape index (κ3) is 4.89. The molecule has 3 rings (SSSR count). The van der Waals surface area contributed by atoms with Gasteiger partial charge in [0.25, 0.3) is 0 Å². The number of benzene rings is 1. The maximum Gasteiger partial charge on any atom is 0.238 e. The molecule has 0 saturated carbocycles. The highest BCUT2D eigenvalue weighted by atomic mass is 35.5. The van der Waals surface area contributed by atoms with Crippen molar-refractivity contribution in [3.8, 4) is 0 Å². The smallest absolute Gasteiger partial charge is 0.238 e. The van der Waals surface area contributed by atoms with Crippen LogP contribution in [0.4, 0.5) is 5.82 Å². The van der Waals surface area contributed by atoms with E-state index in [-0.39, 0.29) is 27.4 Å². The van der Waals surface area contributed by atoms with E-state index in [0.29, 0.717) is 27.8 Å². The minimum Gasteiger partial charge on any atom is -0.319 e. The fourth-order valence-electron chi connectivity index (χ4n) is 2.76. The Kier molecular flexibility index (Phi) is 6.93. The van der Waals surface area contributed by atoms with E-state index in [4.69, 9.17) is 28.3 Å². The molecule has 12 heteroatoms. The largest absolute Gasteiger partial charge is 0.319 e. The van der Waals surface area contributed by atoms with Gasteiger partial charge >= 0.3 is 0 Å². The first-order valence-corrected chi connectivity index (χ1v) is 12.2. The fourth-order valence-corrected chi connectivity index (χ4v) is 4.52. The molecule has 0 aliphatic heterocycles. The van der Waals surface area contributed by atoms with Crippen molar-refractivity contribution in [1.82, 2.24) is 14.5 Å². The second-order valence-corrected chi connectivity index (χ2v) is 9.76. The van der Waals surface area contributed by atoms with E-state index in [9.17, 15) is 13.2 Å². The molecular formula is C18H19Cl2N5O3S2. The summed E-state index contributed by atoms with van der Waals surface area (Å²) in [7, 11) is -3.83. The minimum atomic E-state index is -3.83. The number of sulfonamides is 1. The van der Waals surface area contributed by atoms with E-state index in [0.717, 1.165) is 11.9 Å². The topological polar surface area (TPSA) is 120 Å². The molecule has 0 fully saturated rings. The van der Waals surface area contributed by atoms with Gasteiger partial charge in [0.1, 0.15) is 0 Å². The molecule has 2 aromatic heterocycles. The first-order chi connectivity index (χ1) is 14.1. The molecule has 0 saturated heterocycles. The summed E-state index contributed by atoms with van der Waals surface area (Å²) < 4.78 is 25.2. The molecule has 2 heterocycles. The molecule has 0 aliphatic carbocycles. The van der Waals surface area contributed by atoms with Crippen LogP contribution in [0.5, 0.6) is 0 Å². The predicted molar refractivity (Wildman–Crippen MR) is 120 cm³/mol. The second kappa shape index (κ2) is 9.11. The number of halogens is 2. The van der Waals surface area contributed by atoms with Gasteiger partial charge in [-0.25, -0.2) is 23.5 Å². The molecule has 3 aromatic rings. The van der Waals surface area contributed by atoms with E-state index in [1.165, 1.54) is 30.1 Å². The number of nitrogens with one attached hydrogen (secondary N) is 1. The molecule has 0 radical (unpaired) electrons. The number of pyridine rings is 1. The van der Waals surface area contributed by atoms with Crippen LogP contribution in [0.15, 0.2) is 34.4 Å². The van der Waals surface area contributed by atoms with Crippen LogP contribution in [0.3, 0.4) is 0 Å². The van der Waals surface area contributed by atoms with Gasteiger partial charge in [-0.3, -0.25) is 4.79 Å². The summed E-state index contributed by atoms with van der Waals surface area (Å²) >= 11 is 13.4. The monoisotopic (exact) mass is 487 g/mol. The number of anilines is 1. The first-order valence-electron chi connectivity index (χ1n) is 8.88. The van der Waals surface area contributed by atoms with Crippen LogP contribution in [-0.2, 0) is 21.4 Å². The van der Waals surface area contributed by atoms with Crippen LogP contribution < -0.4 is 10.5 Å². The average Bonchev–Trinajstić information content (AvgIpc) is 3.03. The first kappa shape index (κ1) is 22.8. The van der Waals surface area contributed by atoms with Crippen molar-refractivity contribution in [3.05, 3.63) is 40.0 Å². The van der Waals surface area contributed by atoms with Crippen LogP contribution in [0.25, 0.3) is 11.0 Å². The Hall–Kier alpha value is -1.85. The Morgan fingerprint density at radius 1 is 1.33 bits per heavy atom. The molecule has 0 aliphatic rings. The van der Waals surface area contributed by atoms with Crippen LogP contribution in [0.2, 0.25) is 10.0 Å². The molecule has 0 unspecified atom stereocenters. The van der Waals surface area contributed by atoms with Gasteiger partial charge in [0.15, 0.2) is 11.0 Å². The number of thioether (sulfide) groups is 1. The van der Waals surface area contributed by atoms with E-state index in [1.807, 2.05) is 11.5 Å². The van der Waals surface area contributed by atoms with Gasteiger partial charge in [0.05, 0.1) is 31.7 Å². The van der Waals surface area contributed by atoms with Gasteiger partial charge < -0.3 is 9.88 Å². The molecule has 1 amide bonds. The number of nitrogens with zero attached hydrogens (tertiary/aromatic N) is 3. The van der Waals surface area contributed by atoms with Gasteiger partial charge in [-0.2, -0.15) is 0 Å². The molecule has 0 atom stereocenters. The number of carbonyl (C=O) groups excluding carboxylic acids is 1. The summed E-state index contributed by atoms with van der Waals surface area (Å²) in [6.07, 6.45) is 2.26. The summed E-state index contributed by atoms with van der Waals surface area (Å²) in [5.41, 5.74) is 1.90. The van der Waals surface area contributed by atoms with Crippen molar-refractivity contribution in [3.63, 3.8) is 0 Å². The average molecular weight is 488 g/mol. The molecule has 30 heavy (non-hydrogen) atoms. The number of hydrogen-bond acceptors (Lipinski definition) is 6. The number of nitrogens with two attached hydrogens (primary N) is 1. The maximum atomic E-state index is 12.4. The molecule has 160 valence electrons. The normalized spacial score (nSPS) is 11.8. The predicted octanol–water partition coefficient (Wildman–Crippen LogP) is 3.83. The number of aromatic nitrogens is 3. The summed E-state index contributed by atoms with van der Waals surface area (Å²) in [6.45, 7) is 4.42. The van der Waals surface area contributed by atoms with Gasteiger partial charge in [-0.1, -0.05) is 41.9 Å². The molecule has 8 nitrogen and oxygen atoms in total. The Bertz CT molecular complexity index is 1230. The molecule has 3 N–H and O–H groups in total. The number of amides is 1. The highest BCUT2D eigenvalue weighted by Gasteiger charge is 2.17. The number of fused-ring (bicyclic) bond motifs is 1. The van der Waals surface area contributed by atoms with Crippen molar-refractivity contribution in [2.24, 2.45) is 5.14 Å². The summed E-state index contributed by atoms with van der Waals surface area (Å²) in [5.74, 6) is -0.00476. The number of hydrogen-bond donors (Lipinski definition) is 2. The third-order valence-corrected chi connectivity index (χ3v) is 6.98. The van der Waals surface area contributed by atoms with Crippen molar-refractivity contribution in [2.75, 3.05) is 11.1 Å². The third-order valence-electron chi connectivity index (χ3n) is 4.25. The highest BCUT2D eigenvalue weighted by molar-refractivity contribution is 7.99. The number of rotatable bonds is 7. The number of carbonyl (C=O) groups is 1. The maximum absolute atomic E-state index is 12.4. The Balaban J connectivity index is 1.81.